The smallest absolute Gasteiger partial charge is 0.159 e. The summed E-state index contributed by atoms with van der Waals surface area (Å²) >= 11 is 3.29. The first-order valence-corrected chi connectivity index (χ1v) is 4.50. The van der Waals surface area contributed by atoms with Gasteiger partial charge in [-0.15, -0.1) is 0 Å². The lowest BCUT2D eigenvalue weighted by Gasteiger charge is -1.94. The molecule has 0 aliphatic carbocycles. The molecule has 0 unspecified atom stereocenters. The number of hydrogen-bond acceptors (Lipinski definition) is 2. The molecule has 0 atom stereocenters. The van der Waals surface area contributed by atoms with E-state index in [-0.39, 0.29) is 0 Å². The van der Waals surface area contributed by atoms with Gasteiger partial charge in [0.25, 0.3) is 0 Å². The molecule has 0 saturated heterocycles. The lowest BCUT2D eigenvalue weighted by Crippen LogP contribution is -1.97. The third-order valence-corrected chi connectivity index (χ3v) is 2.04. The van der Waals surface area contributed by atoms with Crippen LogP contribution in [0.15, 0.2) is 22.3 Å². The molecule has 0 amide bonds. The average molecular weight is 230 g/mol. The Kier molecular flexibility index (Phi) is 2.92. The molecular weight excluding hydrogens is 218 g/mol. The molecular formula is C8H12BrN3. The zero-order valence-electron chi connectivity index (χ0n) is 7.21. The zero-order chi connectivity index (χ0) is 9.14. The maximum atomic E-state index is 5.55. The number of nitrogen functional groups attached to an aromatic ring is 1. The van der Waals surface area contributed by atoms with Crippen molar-refractivity contribution in [2.75, 3.05) is 5.73 Å². The lowest BCUT2D eigenvalue weighted by atomic mass is 10.3. The molecule has 1 aromatic rings. The van der Waals surface area contributed by atoms with Gasteiger partial charge in [0.2, 0.25) is 0 Å². The largest absolute Gasteiger partial charge is 0.381 e. The molecule has 0 bridgehead atoms. The number of nitrogens with two attached hydrogens (primary N) is 1. The maximum absolute atomic E-state index is 5.55. The number of allylic oxidation sites excluding steroid dienone is 2. The minimum Gasteiger partial charge on any atom is -0.381 e. The van der Waals surface area contributed by atoms with Gasteiger partial charge in [0.15, 0.2) is 5.82 Å². The molecule has 2 N–H and O–H groups in total. The Labute approximate surface area is 80.4 Å². The van der Waals surface area contributed by atoms with E-state index in [9.17, 15) is 0 Å². The number of hydrogen-bond donors (Lipinski definition) is 1. The van der Waals surface area contributed by atoms with Crippen molar-refractivity contribution in [1.29, 1.82) is 0 Å². The Hall–Kier alpha value is -0.770. The molecule has 0 fully saturated rings. The predicted molar refractivity (Wildman–Crippen MR) is 53.8 cm³/mol. The van der Waals surface area contributed by atoms with Gasteiger partial charge in [-0.2, -0.15) is 5.10 Å². The second-order valence-electron chi connectivity index (χ2n) is 2.87. The van der Waals surface area contributed by atoms with Gasteiger partial charge in [0.1, 0.15) is 0 Å². The number of anilines is 1. The van der Waals surface area contributed by atoms with Gasteiger partial charge >= 0.3 is 0 Å². The normalized spacial score (nSPS) is 9.92. The summed E-state index contributed by atoms with van der Waals surface area (Å²) < 4.78 is 2.65. The van der Waals surface area contributed by atoms with Gasteiger partial charge in [0, 0.05) is 6.20 Å². The Morgan fingerprint density at radius 3 is 2.83 bits per heavy atom. The second kappa shape index (κ2) is 3.76. The van der Waals surface area contributed by atoms with Crippen molar-refractivity contribution in [2.24, 2.45) is 0 Å². The highest BCUT2D eigenvalue weighted by molar-refractivity contribution is 9.10. The van der Waals surface area contributed by atoms with Gasteiger partial charge in [-0.3, -0.25) is 4.68 Å². The van der Waals surface area contributed by atoms with Crippen molar-refractivity contribution in [3.63, 3.8) is 0 Å². The molecule has 66 valence electrons. The number of rotatable bonds is 2. The van der Waals surface area contributed by atoms with Crippen LogP contribution in [-0.4, -0.2) is 9.78 Å². The standard InChI is InChI=1S/C8H12BrN3/c1-6(2)3-4-12-5-7(9)8(10)11-12/h3,5H,4H2,1-2H3,(H2,10,11). The summed E-state index contributed by atoms with van der Waals surface area (Å²) in [6.45, 7) is 4.89. The number of aromatic nitrogens is 2. The Morgan fingerprint density at radius 1 is 1.75 bits per heavy atom. The fraction of sp³-hybridized carbons (Fsp3) is 0.375. The molecule has 0 radical (unpaired) electrons. The SMILES string of the molecule is CC(C)=CCn1cc(Br)c(N)n1. The van der Waals surface area contributed by atoms with Crippen LogP contribution in [0.25, 0.3) is 0 Å². The molecule has 1 heterocycles. The second-order valence-corrected chi connectivity index (χ2v) is 3.72. The summed E-state index contributed by atoms with van der Waals surface area (Å²) in [6.07, 6.45) is 3.97. The minimum absolute atomic E-state index is 0.539. The summed E-state index contributed by atoms with van der Waals surface area (Å²) in [5.41, 5.74) is 6.83. The first-order valence-electron chi connectivity index (χ1n) is 3.71. The summed E-state index contributed by atoms with van der Waals surface area (Å²) in [5, 5.41) is 4.09. The minimum atomic E-state index is 0.539. The van der Waals surface area contributed by atoms with E-state index in [0.29, 0.717) is 5.82 Å². The highest BCUT2D eigenvalue weighted by Gasteiger charge is 1.99. The zero-order valence-corrected chi connectivity index (χ0v) is 8.80. The van der Waals surface area contributed by atoms with E-state index in [4.69, 9.17) is 5.73 Å². The van der Waals surface area contributed by atoms with Crippen molar-refractivity contribution >= 4 is 21.7 Å². The van der Waals surface area contributed by atoms with Gasteiger partial charge in [-0.25, -0.2) is 0 Å². The molecule has 1 rings (SSSR count). The van der Waals surface area contributed by atoms with Crippen LogP contribution < -0.4 is 5.73 Å². The number of halogens is 1. The molecule has 12 heavy (non-hydrogen) atoms. The molecule has 0 saturated carbocycles. The first kappa shape index (κ1) is 9.32. The quantitative estimate of drug-likeness (QED) is 0.791. The highest BCUT2D eigenvalue weighted by atomic mass is 79.9. The fourth-order valence-electron chi connectivity index (χ4n) is 0.782. The third kappa shape index (κ3) is 2.37. The van der Waals surface area contributed by atoms with Crippen LogP contribution in [0.1, 0.15) is 13.8 Å². The molecule has 0 spiro atoms. The summed E-state index contributed by atoms with van der Waals surface area (Å²) in [5.74, 6) is 0.539. The first-order chi connectivity index (χ1) is 5.59. The van der Waals surface area contributed by atoms with E-state index in [1.54, 1.807) is 4.68 Å². The third-order valence-electron chi connectivity index (χ3n) is 1.43. The number of nitrogens with zero attached hydrogens (tertiary/aromatic N) is 2. The van der Waals surface area contributed by atoms with Crippen molar-refractivity contribution in [3.8, 4) is 0 Å². The van der Waals surface area contributed by atoms with Crippen LogP contribution in [0.3, 0.4) is 0 Å². The van der Waals surface area contributed by atoms with Crippen LogP contribution in [0, 0.1) is 0 Å². The van der Waals surface area contributed by atoms with E-state index < -0.39 is 0 Å². The topological polar surface area (TPSA) is 43.8 Å². The van der Waals surface area contributed by atoms with Crippen molar-refractivity contribution in [1.82, 2.24) is 9.78 Å². The van der Waals surface area contributed by atoms with E-state index in [1.165, 1.54) is 5.57 Å². The Morgan fingerprint density at radius 2 is 2.42 bits per heavy atom. The maximum Gasteiger partial charge on any atom is 0.159 e. The summed E-state index contributed by atoms with van der Waals surface area (Å²) in [6, 6.07) is 0. The van der Waals surface area contributed by atoms with E-state index in [1.807, 2.05) is 6.20 Å². The Bertz CT molecular complexity index is 278. The summed E-state index contributed by atoms with van der Waals surface area (Å²) in [7, 11) is 0. The monoisotopic (exact) mass is 229 g/mol. The van der Waals surface area contributed by atoms with Gasteiger partial charge in [-0.1, -0.05) is 11.6 Å². The van der Waals surface area contributed by atoms with E-state index in [0.717, 1.165) is 11.0 Å². The molecule has 4 heteroatoms. The predicted octanol–water partition coefficient (Wildman–Crippen LogP) is 2.19. The van der Waals surface area contributed by atoms with Crippen LogP contribution in [0.4, 0.5) is 5.82 Å². The van der Waals surface area contributed by atoms with Crippen LogP contribution >= 0.6 is 15.9 Å². The van der Waals surface area contributed by atoms with Crippen LogP contribution in [-0.2, 0) is 6.54 Å². The lowest BCUT2D eigenvalue weighted by molar-refractivity contribution is 0.702. The molecule has 1 aromatic heterocycles. The highest BCUT2D eigenvalue weighted by Crippen LogP contribution is 2.16. The van der Waals surface area contributed by atoms with Gasteiger partial charge in [0.05, 0.1) is 11.0 Å². The average Bonchev–Trinajstić information content (AvgIpc) is 2.28. The molecule has 0 aromatic carbocycles. The summed E-state index contributed by atoms with van der Waals surface area (Å²) in [4.78, 5) is 0. The van der Waals surface area contributed by atoms with Gasteiger partial charge in [-0.05, 0) is 29.8 Å². The van der Waals surface area contributed by atoms with Crippen molar-refractivity contribution in [2.45, 2.75) is 20.4 Å². The molecule has 0 aliphatic heterocycles. The van der Waals surface area contributed by atoms with Crippen molar-refractivity contribution < 1.29 is 0 Å². The molecule has 0 aliphatic rings. The van der Waals surface area contributed by atoms with Crippen LogP contribution in [0.5, 0.6) is 0 Å². The van der Waals surface area contributed by atoms with Gasteiger partial charge < -0.3 is 5.73 Å². The Balaban J connectivity index is 2.71. The molecule has 3 nitrogen and oxygen atoms in total. The van der Waals surface area contributed by atoms with Crippen LogP contribution in [0.2, 0.25) is 0 Å². The van der Waals surface area contributed by atoms with E-state index in [2.05, 4.69) is 41.0 Å². The van der Waals surface area contributed by atoms with E-state index >= 15 is 0 Å². The fourth-order valence-corrected chi connectivity index (χ4v) is 1.10. The van der Waals surface area contributed by atoms with Crippen molar-refractivity contribution in [3.05, 3.63) is 22.3 Å².